The van der Waals surface area contributed by atoms with Gasteiger partial charge in [0, 0.05) is 6.20 Å². The molecule has 0 radical (unpaired) electrons. The lowest BCUT2D eigenvalue weighted by Gasteiger charge is -2.49. The maximum absolute atomic E-state index is 13.0. The van der Waals surface area contributed by atoms with Crippen LogP contribution in [0.4, 0.5) is 5.82 Å². The van der Waals surface area contributed by atoms with Crippen molar-refractivity contribution in [1.82, 2.24) is 15.5 Å². The quantitative estimate of drug-likeness (QED) is 0.385. The van der Waals surface area contributed by atoms with Crippen LogP contribution in [0.3, 0.4) is 0 Å². The summed E-state index contributed by atoms with van der Waals surface area (Å²) in [4.78, 5) is 28.4. The second kappa shape index (κ2) is 7.61. The van der Waals surface area contributed by atoms with Crippen LogP contribution in [0.15, 0.2) is 18.3 Å². The van der Waals surface area contributed by atoms with E-state index in [1.165, 1.54) is 0 Å². The van der Waals surface area contributed by atoms with Crippen LogP contribution >= 0.6 is 0 Å². The Bertz CT molecular complexity index is 584. The first-order valence-corrected chi connectivity index (χ1v) is 8.39. The van der Waals surface area contributed by atoms with Crippen LogP contribution in [0.25, 0.3) is 0 Å². The Morgan fingerprint density at radius 2 is 2.29 bits per heavy atom. The predicted octanol–water partition coefficient (Wildman–Crippen LogP) is 2.27. The summed E-state index contributed by atoms with van der Waals surface area (Å²) in [5.41, 5.74) is 5.15. The Morgan fingerprint density at radius 1 is 1.58 bits per heavy atom. The topological polar surface area (TPSA) is 94.6 Å². The van der Waals surface area contributed by atoms with Crippen molar-refractivity contribution in [3.8, 4) is 0 Å². The van der Waals surface area contributed by atoms with E-state index in [9.17, 15) is 14.8 Å². The maximum atomic E-state index is 13.0. The van der Waals surface area contributed by atoms with Gasteiger partial charge in [-0.25, -0.2) is 10.0 Å². The standard InChI is InChI=1S/C17H26N4O3/c1-4-13(3)17(21(24)11-22,14-6-5-7-14)16(23)20-19-15-10-12(2)8-9-18-15/h8-11,13-14,24H,4-7H2,1-3H3,(H,18,19)(H,20,23). The van der Waals surface area contributed by atoms with Crippen molar-refractivity contribution >= 4 is 18.1 Å². The number of nitrogens with zero attached hydrogens (tertiary/aromatic N) is 2. The molecule has 2 atom stereocenters. The van der Waals surface area contributed by atoms with Crippen molar-refractivity contribution < 1.29 is 14.8 Å². The molecule has 7 heteroatoms. The van der Waals surface area contributed by atoms with Crippen molar-refractivity contribution in [3.63, 3.8) is 0 Å². The molecule has 7 nitrogen and oxygen atoms in total. The monoisotopic (exact) mass is 334 g/mol. The number of hydrogen-bond donors (Lipinski definition) is 3. The number of aromatic nitrogens is 1. The molecule has 1 heterocycles. The molecule has 132 valence electrons. The highest BCUT2D eigenvalue weighted by atomic mass is 16.5. The molecule has 1 aromatic heterocycles. The first-order chi connectivity index (χ1) is 11.5. The van der Waals surface area contributed by atoms with Crippen LogP contribution in [0, 0.1) is 18.8 Å². The van der Waals surface area contributed by atoms with Crippen LogP contribution in [0.5, 0.6) is 0 Å². The van der Waals surface area contributed by atoms with Gasteiger partial charge >= 0.3 is 0 Å². The first-order valence-electron chi connectivity index (χ1n) is 8.39. The van der Waals surface area contributed by atoms with Crippen molar-refractivity contribution in [2.45, 2.75) is 52.0 Å². The van der Waals surface area contributed by atoms with E-state index >= 15 is 0 Å². The lowest BCUT2D eigenvalue weighted by atomic mass is 9.64. The minimum Gasteiger partial charge on any atom is -0.285 e. The number of rotatable bonds is 8. The van der Waals surface area contributed by atoms with Gasteiger partial charge in [0.2, 0.25) is 6.41 Å². The summed E-state index contributed by atoms with van der Waals surface area (Å²) >= 11 is 0. The van der Waals surface area contributed by atoms with E-state index in [0.717, 1.165) is 24.8 Å². The van der Waals surface area contributed by atoms with Gasteiger partial charge in [-0.3, -0.25) is 25.6 Å². The maximum Gasteiger partial charge on any atom is 0.267 e. The second-order valence-corrected chi connectivity index (χ2v) is 6.51. The molecule has 0 aliphatic heterocycles. The van der Waals surface area contributed by atoms with Crippen LogP contribution in [0.1, 0.15) is 45.1 Å². The fourth-order valence-corrected chi connectivity index (χ4v) is 3.40. The molecule has 1 fully saturated rings. The Labute approximate surface area is 142 Å². The van der Waals surface area contributed by atoms with Gasteiger partial charge in [0.15, 0.2) is 5.54 Å². The predicted molar refractivity (Wildman–Crippen MR) is 90.0 cm³/mol. The summed E-state index contributed by atoms with van der Waals surface area (Å²) < 4.78 is 0. The first kappa shape index (κ1) is 18.2. The van der Waals surface area contributed by atoms with Gasteiger partial charge in [0.25, 0.3) is 5.91 Å². The molecule has 2 rings (SSSR count). The van der Waals surface area contributed by atoms with Gasteiger partial charge in [-0.05, 0) is 49.3 Å². The zero-order valence-corrected chi connectivity index (χ0v) is 14.5. The lowest BCUT2D eigenvalue weighted by Crippen LogP contribution is -2.67. The molecule has 0 aromatic carbocycles. The molecule has 0 bridgehead atoms. The number of hydroxylamine groups is 2. The molecule has 24 heavy (non-hydrogen) atoms. The SMILES string of the molecule is CCC(C)C(C(=O)NNc1cc(C)ccn1)(C1CCC1)N(O)C=O. The molecule has 1 aliphatic carbocycles. The third-order valence-corrected chi connectivity index (χ3v) is 5.15. The Kier molecular flexibility index (Phi) is 5.77. The number of pyridine rings is 1. The number of hydrazine groups is 1. The summed E-state index contributed by atoms with van der Waals surface area (Å²) in [5.74, 6) is -0.162. The van der Waals surface area contributed by atoms with Crippen LogP contribution in [0.2, 0.25) is 0 Å². The lowest BCUT2D eigenvalue weighted by molar-refractivity contribution is -0.211. The molecule has 2 unspecified atom stereocenters. The zero-order chi connectivity index (χ0) is 17.7. The third-order valence-electron chi connectivity index (χ3n) is 5.15. The van der Waals surface area contributed by atoms with Gasteiger partial charge < -0.3 is 0 Å². The summed E-state index contributed by atoms with van der Waals surface area (Å²) in [6, 6.07) is 3.65. The van der Waals surface area contributed by atoms with Gasteiger partial charge in [-0.2, -0.15) is 0 Å². The van der Waals surface area contributed by atoms with Gasteiger partial charge in [0.1, 0.15) is 5.82 Å². The van der Waals surface area contributed by atoms with E-state index in [1.54, 1.807) is 12.3 Å². The fourth-order valence-electron chi connectivity index (χ4n) is 3.40. The van der Waals surface area contributed by atoms with Crippen molar-refractivity contribution in [3.05, 3.63) is 23.9 Å². The minimum atomic E-state index is -1.27. The number of nitrogens with one attached hydrogen (secondary N) is 2. The Morgan fingerprint density at radius 3 is 2.79 bits per heavy atom. The van der Waals surface area contributed by atoms with Crippen LogP contribution in [-0.4, -0.2) is 33.1 Å². The highest BCUT2D eigenvalue weighted by Gasteiger charge is 2.55. The molecule has 2 amide bonds. The van der Waals surface area contributed by atoms with E-state index in [4.69, 9.17) is 0 Å². The number of anilines is 1. The second-order valence-electron chi connectivity index (χ2n) is 6.51. The van der Waals surface area contributed by atoms with E-state index < -0.39 is 11.4 Å². The normalized spacial score (nSPS) is 18.0. The molecule has 1 aromatic rings. The molecule has 3 N–H and O–H groups in total. The summed E-state index contributed by atoms with van der Waals surface area (Å²) in [7, 11) is 0. The third kappa shape index (κ3) is 3.21. The fraction of sp³-hybridized carbons (Fsp3) is 0.588. The highest BCUT2D eigenvalue weighted by molar-refractivity contribution is 5.89. The van der Waals surface area contributed by atoms with E-state index in [-0.39, 0.29) is 11.8 Å². The zero-order valence-electron chi connectivity index (χ0n) is 14.5. The smallest absolute Gasteiger partial charge is 0.267 e. The van der Waals surface area contributed by atoms with Crippen LogP contribution < -0.4 is 10.9 Å². The van der Waals surface area contributed by atoms with E-state index in [2.05, 4.69) is 15.8 Å². The van der Waals surface area contributed by atoms with Crippen LogP contribution in [-0.2, 0) is 9.59 Å². The number of aryl methyl sites for hydroxylation is 1. The largest absolute Gasteiger partial charge is 0.285 e. The summed E-state index contributed by atoms with van der Waals surface area (Å²) in [6.07, 6.45) is 5.25. The van der Waals surface area contributed by atoms with Crippen molar-refractivity contribution in [1.29, 1.82) is 0 Å². The Balaban J connectivity index is 2.24. The number of amides is 2. The van der Waals surface area contributed by atoms with E-state index in [1.807, 2.05) is 26.8 Å². The number of hydrogen-bond acceptors (Lipinski definition) is 5. The van der Waals surface area contributed by atoms with E-state index in [0.29, 0.717) is 23.7 Å². The van der Waals surface area contributed by atoms with Gasteiger partial charge in [-0.15, -0.1) is 0 Å². The van der Waals surface area contributed by atoms with Crippen molar-refractivity contribution in [2.24, 2.45) is 11.8 Å². The summed E-state index contributed by atoms with van der Waals surface area (Å²) in [5, 5.41) is 10.8. The minimum absolute atomic E-state index is 0.0603. The number of carbonyl (C=O) groups is 2. The number of carbonyl (C=O) groups excluding carboxylic acids is 2. The molecule has 1 saturated carbocycles. The van der Waals surface area contributed by atoms with Gasteiger partial charge in [-0.1, -0.05) is 26.7 Å². The van der Waals surface area contributed by atoms with Crippen molar-refractivity contribution in [2.75, 3.05) is 5.43 Å². The average Bonchev–Trinajstić information content (AvgIpc) is 2.54. The molecular formula is C17H26N4O3. The molecule has 1 aliphatic rings. The molecule has 0 spiro atoms. The molecule has 0 saturated heterocycles. The highest BCUT2D eigenvalue weighted by Crippen LogP contribution is 2.44. The summed E-state index contributed by atoms with van der Waals surface area (Å²) in [6.45, 7) is 5.75. The molecular weight excluding hydrogens is 308 g/mol. The average molecular weight is 334 g/mol. The van der Waals surface area contributed by atoms with Gasteiger partial charge in [0.05, 0.1) is 0 Å². The Hall–Kier alpha value is -2.15.